The van der Waals surface area contributed by atoms with Crippen molar-refractivity contribution in [1.82, 2.24) is 0 Å². The lowest BCUT2D eigenvalue weighted by Gasteiger charge is -2.33. The van der Waals surface area contributed by atoms with E-state index in [0.29, 0.717) is 6.42 Å². The van der Waals surface area contributed by atoms with Gasteiger partial charge in [-0.25, -0.2) is 4.39 Å². The van der Waals surface area contributed by atoms with Gasteiger partial charge < -0.3 is 9.84 Å². The molecule has 1 N–H and O–H groups in total. The Balaban J connectivity index is 2.10. The van der Waals surface area contributed by atoms with Crippen LogP contribution in [0, 0.1) is 5.82 Å². The zero-order chi connectivity index (χ0) is 13.2. The third kappa shape index (κ3) is 2.68. The van der Waals surface area contributed by atoms with Crippen molar-refractivity contribution in [1.29, 1.82) is 0 Å². The third-order valence-corrected chi connectivity index (χ3v) is 4.18. The summed E-state index contributed by atoms with van der Waals surface area (Å²) in [7, 11) is 1.64. The van der Waals surface area contributed by atoms with Crippen LogP contribution < -0.4 is 0 Å². The van der Waals surface area contributed by atoms with E-state index in [4.69, 9.17) is 16.3 Å². The van der Waals surface area contributed by atoms with Crippen LogP contribution in [0.25, 0.3) is 0 Å². The average Bonchev–Trinajstić information content (AvgIpc) is 2.84. The van der Waals surface area contributed by atoms with Crippen LogP contribution in [-0.4, -0.2) is 23.9 Å². The minimum atomic E-state index is -0.606. The van der Waals surface area contributed by atoms with Gasteiger partial charge in [-0.05, 0) is 30.5 Å². The topological polar surface area (TPSA) is 29.5 Å². The van der Waals surface area contributed by atoms with Crippen molar-refractivity contribution in [3.8, 4) is 0 Å². The van der Waals surface area contributed by atoms with Gasteiger partial charge in [-0.2, -0.15) is 0 Å². The Bertz CT molecular complexity index is 416. The lowest BCUT2D eigenvalue weighted by molar-refractivity contribution is -0.0971. The first-order valence-electron chi connectivity index (χ1n) is 6.24. The van der Waals surface area contributed by atoms with Crippen LogP contribution in [0.5, 0.6) is 0 Å². The maximum Gasteiger partial charge on any atom is 0.142 e. The highest BCUT2D eigenvalue weighted by Crippen LogP contribution is 2.36. The Morgan fingerprint density at radius 2 is 2.11 bits per heavy atom. The summed E-state index contributed by atoms with van der Waals surface area (Å²) in [6, 6.07) is 4.64. The van der Waals surface area contributed by atoms with E-state index in [-0.39, 0.29) is 5.02 Å². The van der Waals surface area contributed by atoms with Gasteiger partial charge >= 0.3 is 0 Å². The first-order chi connectivity index (χ1) is 8.57. The number of rotatable bonds is 4. The second-order valence-corrected chi connectivity index (χ2v) is 5.35. The molecule has 0 saturated heterocycles. The number of methoxy groups -OCH3 is 1. The highest BCUT2D eigenvalue weighted by molar-refractivity contribution is 6.30. The summed E-state index contributed by atoms with van der Waals surface area (Å²) < 4.78 is 18.9. The van der Waals surface area contributed by atoms with E-state index in [0.717, 1.165) is 31.2 Å². The second-order valence-electron chi connectivity index (χ2n) is 4.94. The molecule has 100 valence electrons. The Morgan fingerprint density at radius 3 is 2.67 bits per heavy atom. The molecule has 1 aromatic carbocycles. The molecular weight excluding hydrogens is 255 g/mol. The van der Waals surface area contributed by atoms with E-state index in [1.165, 1.54) is 12.1 Å². The maximum atomic E-state index is 13.3. The first kappa shape index (κ1) is 13.8. The number of hydrogen-bond acceptors (Lipinski definition) is 2. The molecule has 1 fully saturated rings. The normalized spacial score (nSPS) is 20.0. The molecular formula is C14H18ClFO2. The van der Waals surface area contributed by atoms with E-state index in [1.807, 2.05) is 0 Å². The van der Waals surface area contributed by atoms with Gasteiger partial charge in [0.15, 0.2) is 0 Å². The summed E-state index contributed by atoms with van der Waals surface area (Å²) in [5.74, 6) is -0.445. The van der Waals surface area contributed by atoms with Crippen molar-refractivity contribution in [2.24, 2.45) is 0 Å². The van der Waals surface area contributed by atoms with Gasteiger partial charge in [0.05, 0.1) is 16.7 Å². The van der Waals surface area contributed by atoms with Gasteiger partial charge in [0.1, 0.15) is 5.82 Å². The number of aliphatic hydroxyl groups is 1. The molecule has 0 aromatic heterocycles. The Hall–Kier alpha value is -0.640. The average molecular weight is 273 g/mol. The van der Waals surface area contributed by atoms with E-state index in [9.17, 15) is 9.50 Å². The fourth-order valence-electron chi connectivity index (χ4n) is 2.72. The van der Waals surface area contributed by atoms with Gasteiger partial charge in [0.2, 0.25) is 0 Å². The monoisotopic (exact) mass is 272 g/mol. The van der Waals surface area contributed by atoms with Gasteiger partial charge in [0, 0.05) is 13.5 Å². The molecule has 0 amide bonds. The maximum absolute atomic E-state index is 13.3. The van der Waals surface area contributed by atoms with Crippen LogP contribution in [0.2, 0.25) is 5.02 Å². The highest BCUT2D eigenvalue weighted by Gasteiger charge is 2.40. The van der Waals surface area contributed by atoms with E-state index < -0.39 is 17.5 Å². The van der Waals surface area contributed by atoms with Crippen LogP contribution in [0.1, 0.15) is 31.2 Å². The molecule has 0 heterocycles. The fraction of sp³-hybridized carbons (Fsp3) is 0.571. The van der Waals surface area contributed by atoms with Crippen molar-refractivity contribution in [2.45, 2.75) is 43.8 Å². The highest BCUT2D eigenvalue weighted by atomic mass is 35.5. The molecule has 1 unspecified atom stereocenters. The summed E-state index contributed by atoms with van der Waals surface area (Å²) in [5, 5.41) is 10.4. The second kappa shape index (κ2) is 5.55. The van der Waals surface area contributed by atoms with Gasteiger partial charge in [0.25, 0.3) is 0 Å². The minimum absolute atomic E-state index is 0.107. The van der Waals surface area contributed by atoms with Crippen LogP contribution in [-0.2, 0) is 11.2 Å². The lowest BCUT2D eigenvalue weighted by atomic mass is 9.90. The molecule has 1 saturated carbocycles. The molecule has 2 rings (SSSR count). The zero-order valence-corrected chi connectivity index (χ0v) is 11.2. The van der Waals surface area contributed by atoms with Gasteiger partial charge in [-0.3, -0.25) is 0 Å². The molecule has 0 bridgehead atoms. The molecule has 1 aliphatic rings. The van der Waals surface area contributed by atoms with E-state index in [1.54, 1.807) is 13.2 Å². The minimum Gasteiger partial charge on any atom is -0.390 e. The number of aliphatic hydroxyl groups excluding tert-OH is 1. The van der Waals surface area contributed by atoms with Crippen molar-refractivity contribution in [3.05, 3.63) is 34.6 Å². The Labute approximate surface area is 112 Å². The SMILES string of the molecule is COC1(C(O)Cc2ccc(Cl)c(F)c2)CCCC1. The quantitative estimate of drug-likeness (QED) is 0.911. The molecule has 2 nitrogen and oxygen atoms in total. The predicted octanol–water partition coefficient (Wildman–Crippen LogP) is 3.34. The van der Waals surface area contributed by atoms with Crippen LogP contribution in [0.15, 0.2) is 18.2 Å². The smallest absolute Gasteiger partial charge is 0.142 e. The largest absolute Gasteiger partial charge is 0.390 e. The molecule has 4 heteroatoms. The molecule has 0 aliphatic heterocycles. The van der Waals surface area contributed by atoms with Crippen molar-refractivity contribution < 1.29 is 14.2 Å². The van der Waals surface area contributed by atoms with Crippen LogP contribution in [0.4, 0.5) is 4.39 Å². The summed E-state index contributed by atoms with van der Waals surface area (Å²) >= 11 is 5.64. The molecule has 0 radical (unpaired) electrons. The van der Waals surface area contributed by atoms with Crippen LogP contribution in [0.3, 0.4) is 0 Å². The van der Waals surface area contributed by atoms with Gasteiger partial charge in [-0.15, -0.1) is 0 Å². The van der Waals surface area contributed by atoms with Crippen LogP contribution >= 0.6 is 11.6 Å². The summed E-state index contributed by atoms with van der Waals surface area (Å²) in [5.41, 5.74) is 0.281. The predicted molar refractivity (Wildman–Crippen MR) is 69.3 cm³/mol. The standard InChI is InChI=1S/C14H18ClFO2/c1-18-14(6-2-3-7-14)13(17)9-10-4-5-11(15)12(16)8-10/h4-5,8,13,17H,2-3,6-7,9H2,1H3. The number of hydrogen-bond donors (Lipinski definition) is 1. The molecule has 18 heavy (non-hydrogen) atoms. The molecule has 0 spiro atoms. The molecule has 1 atom stereocenters. The summed E-state index contributed by atoms with van der Waals surface area (Å²) in [6.07, 6.45) is 3.65. The third-order valence-electron chi connectivity index (χ3n) is 3.88. The lowest BCUT2D eigenvalue weighted by Crippen LogP contribution is -2.42. The number of halogens is 2. The Morgan fingerprint density at radius 1 is 1.44 bits per heavy atom. The number of ether oxygens (including phenoxy) is 1. The van der Waals surface area contributed by atoms with Crippen molar-refractivity contribution >= 4 is 11.6 Å². The molecule has 1 aliphatic carbocycles. The fourth-order valence-corrected chi connectivity index (χ4v) is 2.84. The summed E-state index contributed by atoms with van der Waals surface area (Å²) in [6.45, 7) is 0. The zero-order valence-electron chi connectivity index (χ0n) is 10.5. The van der Waals surface area contributed by atoms with Crippen molar-refractivity contribution in [3.63, 3.8) is 0 Å². The van der Waals surface area contributed by atoms with E-state index >= 15 is 0 Å². The van der Waals surface area contributed by atoms with E-state index in [2.05, 4.69) is 0 Å². The van der Waals surface area contributed by atoms with Gasteiger partial charge in [-0.1, -0.05) is 30.5 Å². The van der Waals surface area contributed by atoms with Crippen molar-refractivity contribution in [2.75, 3.05) is 7.11 Å². The first-order valence-corrected chi connectivity index (χ1v) is 6.62. The Kier molecular flexibility index (Phi) is 4.25. The number of benzene rings is 1. The molecule has 1 aromatic rings. The summed E-state index contributed by atoms with van der Waals surface area (Å²) in [4.78, 5) is 0.